The Balaban J connectivity index is 2.26. The van der Waals surface area contributed by atoms with Crippen molar-refractivity contribution in [3.8, 4) is 0 Å². The van der Waals surface area contributed by atoms with Crippen molar-refractivity contribution in [1.29, 1.82) is 0 Å². The number of rotatable bonds is 5. The van der Waals surface area contributed by atoms with Gasteiger partial charge in [-0.25, -0.2) is 0 Å². The van der Waals surface area contributed by atoms with Crippen LogP contribution in [0.5, 0.6) is 0 Å². The average molecular weight is 259 g/mol. The van der Waals surface area contributed by atoms with E-state index in [0.717, 1.165) is 11.3 Å². The zero-order valence-electron chi connectivity index (χ0n) is 11.6. The van der Waals surface area contributed by atoms with E-state index in [9.17, 15) is 5.11 Å². The van der Waals surface area contributed by atoms with Gasteiger partial charge in [0.2, 0.25) is 0 Å². The minimum absolute atomic E-state index is 0.0578. The average Bonchev–Trinajstić information content (AvgIpc) is 2.89. The molecule has 0 fully saturated rings. The number of hydrogen-bond donors (Lipinski definition) is 2. The van der Waals surface area contributed by atoms with Crippen molar-refractivity contribution in [3.05, 3.63) is 60.1 Å². The summed E-state index contributed by atoms with van der Waals surface area (Å²) in [4.78, 5) is 0. The third-order valence-electron chi connectivity index (χ3n) is 3.44. The summed E-state index contributed by atoms with van der Waals surface area (Å²) in [6, 6.07) is 13.8. The Morgan fingerprint density at radius 2 is 1.79 bits per heavy atom. The fourth-order valence-electron chi connectivity index (χ4n) is 1.90. The lowest BCUT2D eigenvalue weighted by molar-refractivity contribution is 0.0406. The van der Waals surface area contributed by atoms with Crippen LogP contribution >= 0.6 is 0 Å². The highest BCUT2D eigenvalue weighted by atomic mass is 16.3. The molecule has 1 heterocycles. The van der Waals surface area contributed by atoms with Gasteiger partial charge in [0.1, 0.15) is 5.76 Å². The van der Waals surface area contributed by atoms with Crippen molar-refractivity contribution in [2.24, 2.45) is 0 Å². The van der Waals surface area contributed by atoms with Gasteiger partial charge < -0.3 is 9.52 Å². The van der Waals surface area contributed by atoms with Crippen molar-refractivity contribution in [2.75, 3.05) is 0 Å². The van der Waals surface area contributed by atoms with Crippen LogP contribution in [0.25, 0.3) is 0 Å². The molecule has 3 nitrogen and oxygen atoms in total. The van der Waals surface area contributed by atoms with Crippen LogP contribution in [0.15, 0.2) is 53.1 Å². The molecule has 102 valence electrons. The van der Waals surface area contributed by atoms with Gasteiger partial charge in [0.05, 0.1) is 17.9 Å². The molecule has 2 unspecified atom stereocenters. The molecule has 0 saturated heterocycles. The first-order valence-corrected chi connectivity index (χ1v) is 6.55. The monoisotopic (exact) mass is 259 g/mol. The summed E-state index contributed by atoms with van der Waals surface area (Å²) in [6.45, 7) is 5.57. The summed E-state index contributed by atoms with van der Waals surface area (Å²) < 4.78 is 5.52. The van der Waals surface area contributed by atoms with Crippen LogP contribution in [0, 0.1) is 0 Å². The molecule has 2 rings (SSSR count). The second kappa shape index (κ2) is 5.59. The molecule has 2 N–H and O–H groups in total. The fraction of sp³-hybridized carbons (Fsp3) is 0.375. The molecule has 0 saturated carbocycles. The second-order valence-corrected chi connectivity index (χ2v) is 5.40. The van der Waals surface area contributed by atoms with Gasteiger partial charge in [-0.3, -0.25) is 5.32 Å². The number of furan rings is 1. The number of hydrogen-bond acceptors (Lipinski definition) is 3. The molecule has 2 atom stereocenters. The first-order chi connectivity index (χ1) is 8.98. The molecular weight excluding hydrogens is 238 g/mol. The van der Waals surface area contributed by atoms with Crippen LogP contribution in [0.2, 0.25) is 0 Å². The highest BCUT2D eigenvalue weighted by molar-refractivity contribution is 5.26. The molecule has 19 heavy (non-hydrogen) atoms. The van der Waals surface area contributed by atoms with E-state index in [1.54, 1.807) is 20.1 Å². The maximum absolute atomic E-state index is 10.1. The van der Waals surface area contributed by atoms with Gasteiger partial charge in [0.15, 0.2) is 0 Å². The van der Waals surface area contributed by atoms with Crippen molar-refractivity contribution < 1.29 is 9.52 Å². The van der Waals surface area contributed by atoms with E-state index in [1.807, 2.05) is 37.3 Å². The van der Waals surface area contributed by atoms with E-state index in [4.69, 9.17) is 4.42 Å². The Hall–Kier alpha value is -1.58. The summed E-state index contributed by atoms with van der Waals surface area (Å²) in [5.41, 5.74) is 0.327. The quantitative estimate of drug-likeness (QED) is 0.867. The Bertz CT molecular complexity index is 485. The topological polar surface area (TPSA) is 45.4 Å². The molecule has 0 spiro atoms. The lowest BCUT2D eigenvalue weighted by Gasteiger charge is -2.30. The van der Waals surface area contributed by atoms with Gasteiger partial charge in [0.25, 0.3) is 0 Å². The molecule has 1 aromatic carbocycles. The maximum atomic E-state index is 10.1. The van der Waals surface area contributed by atoms with Crippen LogP contribution < -0.4 is 5.32 Å². The SMILES string of the molecule is CC(NC(c1ccccc1)c1ccco1)C(C)(C)O. The molecule has 0 aliphatic heterocycles. The van der Waals surface area contributed by atoms with Crippen molar-refractivity contribution in [2.45, 2.75) is 38.5 Å². The van der Waals surface area contributed by atoms with Gasteiger partial charge in [-0.05, 0) is 38.5 Å². The predicted octanol–water partition coefficient (Wildman–Crippen LogP) is 3.12. The molecule has 0 aliphatic carbocycles. The molecule has 0 aliphatic rings. The summed E-state index contributed by atoms with van der Waals surface area (Å²) in [5, 5.41) is 13.5. The predicted molar refractivity (Wildman–Crippen MR) is 75.9 cm³/mol. The highest BCUT2D eigenvalue weighted by Crippen LogP contribution is 2.24. The molecule has 2 aromatic rings. The summed E-state index contributed by atoms with van der Waals surface area (Å²) in [7, 11) is 0. The Morgan fingerprint density at radius 1 is 1.11 bits per heavy atom. The van der Waals surface area contributed by atoms with E-state index < -0.39 is 5.60 Å². The fourth-order valence-corrected chi connectivity index (χ4v) is 1.90. The second-order valence-electron chi connectivity index (χ2n) is 5.40. The van der Waals surface area contributed by atoms with Crippen molar-refractivity contribution in [1.82, 2.24) is 5.32 Å². The van der Waals surface area contributed by atoms with E-state index in [-0.39, 0.29) is 12.1 Å². The molecule has 0 radical (unpaired) electrons. The zero-order chi connectivity index (χ0) is 13.9. The first kappa shape index (κ1) is 13.8. The molecule has 1 aromatic heterocycles. The summed E-state index contributed by atoms with van der Waals surface area (Å²) in [5.74, 6) is 0.849. The lowest BCUT2D eigenvalue weighted by atomic mass is 9.97. The maximum Gasteiger partial charge on any atom is 0.125 e. The van der Waals surface area contributed by atoms with E-state index in [2.05, 4.69) is 17.4 Å². The van der Waals surface area contributed by atoms with Crippen molar-refractivity contribution in [3.63, 3.8) is 0 Å². The van der Waals surface area contributed by atoms with Gasteiger partial charge >= 0.3 is 0 Å². The van der Waals surface area contributed by atoms with Gasteiger partial charge in [-0.15, -0.1) is 0 Å². The molecule has 3 heteroatoms. The number of nitrogens with one attached hydrogen (secondary N) is 1. The summed E-state index contributed by atoms with van der Waals surface area (Å²) in [6.07, 6.45) is 1.67. The van der Waals surface area contributed by atoms with Crippen LogP contribution in [0.4, 0.5) is 0 Å². The third-order valence-corrected chi connectivity index (χ3v) is 3.44. The Morgan fingerprint density at radius 3 is 2.32 bits per heavy atom. The Labute approximate surface area is 114 Å². The Kier molecular flexibility index (Phi) is 4.08. The van der Waals surface area contributed by atoms with Gasteiger partial charge in [0, 0.05) is 6.04 Å². The summed E-state index contributed by atoms with van der Waals surface area (Å²) >= 11 is 0. The number of aliphatic hydroxyl groups is 1. The van der Waals surface area contributed by atoms with Gasteiger partial charge in [-0.2, -0.15) is 0 Å². The highest BCUT2D eigenvalue weighted by Gasteiger charge is 2.27. The standard InChI is InChI=1S/C16H21NO2/c1-12(16(2,3)18)17-15(14-10-7-11-19-14)13-8-5-4-6-9-13/h4-12,15,17-18H,1-3H3. The normalized spacial score (nSPS) is 15.2. The van der Waals surface area contributed by atoms with Crippen LogP contribution in [-0.2, 0) is 0 Å². The van der Waals surface area contributed by atoms with Gasteiger partial charge in [-0.1, -0.05) is 30.3 Å². The van der Waals surface area contributed by atoms with E-state index in [1.165, 1.54) is 0 Å². The van der Waals surface area contributed by atoms with Crippen molar-refractivity contribution >= 4 is 0 Å². The smallest absolute Gasteiger partial charge is 0.125 e. The number of benzene rings is 1. The minimum atomic E-state index is -0.792. The third kappa shape index (κ3) is 3.46. The van der Waals surface area contributed by atoms with E-state index >= 15 is 0 Å². The van der Waals surface area contributed by atoms with Crippen LogP contribution in [0.1, 0.15) is 38.1 Å². The minimum Gasteiger partial charge on any atom is -0.467 e. The lowest BCUT2D eigenvalue weighted by Crippen LogP contribution is -2.46. The zero-order valence-corrected chi connectivity index (χ0v) is 11.6. The molecule has 0 amide bonds. The largest absolute Gasteiger partial charge is 0.467 e. The van der Waals surface area contributed by atoms with E-state index in [0.29, 0.717) is 0 Å². The first-order valence-electron chi connectivity index (χ1n) is 6.55. The molecular formula is C16H21NO2. The van der Waals surface area contributed by atoms with Crippen LogP contribution in [0.3, 0.4) is 0 Å². The van der Waals surface area contributed by atoms with Crippen LogP contribution in [-0.4, -0.2) is 16.7 Å². The molecule has 0 bridgehead atoms.